The van der Waals surface area contributed by atoms with Crippen LogP contribution in [0.1, 0.15) is 44.7 Å². The lowest BCUT2D eigenvalue weighted by atomic mass is 9.98. The number of nitrogens with one attached hydrogen (secondary N) is 1. The Morgan fingerprint density at radius 1 is 1.33 bits per heavy atom. The maximum Gasteiger partial charge on any atom is 0.179 e. The fourth-order valence-electron chi connectivity index (χ4n) is 3.23. The van der Waals surface area contributed by atoms with Crippen molar-refractivity contribution in [3.8, 4) is 0 Å². The molecule has 6 heteroatoms. The monoisotopic (exact) mass is 308 g/mol. The molecule has 21 heavy (non-hydrogen) atoms. The Morgan fingerprint density at radius 3 is 2.81 bits per heavy atom. The maximum atomic E-state index is 6.03. The molecular weight excluding hydrogens is 284 g/mol. The van der Waals surface area contributed by atoms with Crippen molar-refractivity contribution in [3.05, 3.63) is 10.5 Å². The van der Waals surface area contributed by atoms with E-state index in [2.05, 4.69) is 21.6 Å². The molecule has 1 fully saturated rings. The number of aryl methyl sites for hydroxylation is 2. The fourth-order valence-corrected chi connectivity index (χ4v) is 3.51. The SMILES string of the molecule is CCn1nc(C)c2[nH]c(=S)n(CCOC3CCCCC3)c21. The molecule has 2 aromatic rings. The minimum Gasteiger partial charge on any atom is -0.376 e. The average molecular weight is 308 g/mol. The predicted octanol–water partition coefficient (Wildman–Crippen LogP) is 3.57. The third-order valence-corrected chi connectivity index (χ3v) is 4.68. The highest BCUT2D eigenvalue weighted by Gasteiger charge is 2.16. The predicted molar refractivity (Wildman–Crippen MR) is 86.1 cm³/mol. The van der Waals surface area contributed by atoms with Crippen LogP contribution in [0.5, 0.6) is 0 Å². The molecule has 0 aliphatic heterocycles. The molecule has 0 atom stereocenters. The summed E-state index contributed by atoms with van der Waals surface area (Å²) in [5.74, 6) is 0. The molecular formula is C15H24N4OS. The van der Waals surface area contributed by atoms with E-state index < -0.39 is 0 Å². The molecule has 5 nitrogen and oxygen atoms in total. The van der Waals surface area contributed by atoms with Gasteiger partial charge in [-0.3, -0.25) is 4.57 Å². The molecule has 0 amide bonds. The molecule has 2 heterocycles. The van der Waals surface area contributed by atoms with Crippen molar-refractivity contribution in [3.63, 3.8) is 0 Å². The zero-order valence-corrected chi connectivity index (χ0v) is 13.7. The lowest BCUT2D eigenvalue weighted by Gasteiger charge is -2.22. The van der Waals surface area contributed by atoms with Crippen molar-refractivity contribution < 1.29 is 4.74 Å². The van der Waals surface area contributed by atoms with Crippen LogP contribution in [0, 0.1) is 11.7 Å². The fraction of sp³-hybridized carbons (Fsp3) is 0.733. The zero-order valence-electron chi connectivity index (χ0n) is 12.9. The van der Waals surface area contributed by atoms with Crippen molar-refractivity contribution >= 4 is 23.4 Å². The van der Waals surface area contributed by atoms with E-state index in [-0.39, 0.29) is 0 Å². The van der Waals surface area contributed by atoms with Gasteiger partial charge >= 0.3 is 0 Å². The molecule has 3 rings (SSSR count). The summed E-state index contributed by atoms with van der Waals surface area (Å²) in [4.78, 5) is 3.28. The number of H-pyrrole nitrogens is 1. The molecule has 1 aliphatic carbocycles. The van der Waals surface area contributed by atoms with E-state index in [4.69, 9.17) is 17.0 Å². The number of rotatable bonds is 5. The first-order valence-electron chi connectivity index (χ1n) is 7.98. The summed E-state index contributed by atoms with van der Waals surface area (Å²) in [6, 6.07) is 0. The van der Waals surface area contributed by atoms with E-state index in [1.165, 1.54) is 32.1 Å². The third kappa shape index (κ3) is 2.92. The molecule has 2 aromatic heterocycles. The van der Waals surface area contributed by atoms with Gasteiger partial charge in [0.25, 0.3) is 0 Å². The Balaban J connectivity index is 1.74. The summed E-state index contributed by atoms with van der Waals surface area (Å²) in [5.41, 5.74) is 3.15. The second kappa shape index (κ2) is 6.32. The minimum absolute atomic E-state index is 0.445. The van der Waals surface area contributed by atoms with Crippen molar-refractivity contribution in [2.24, 2.45) is 0 Å². The largest absolute Gasteiger partial charge is 0.376 e. The smallest absolute Gasteiger partial charge is 0.179 e. The van der Waals surface area contributed by atoms with Crippen LogP contribution in [0.4, 0.5) is 0 Å². The molecule has 0 bridgehead atoms. The van der Waals surface area contributed by atoms with Crippen molar-refractivity contribution in [1.29, 1.82) is 0 Å². The number of nitrogens with zero attached hydrogens (tertiary/aromatic N) is 3. The van der Waals surface area contributed by atoms with Crippen LogP contribution in [-0.4, -0.2) is 32.0 Å². The highest BCUT2D eigenvalue weighted by Crippen LogP contribution is 2.21. The van der Waals surface area contributed by atoms with Crippen LogP contribution in [-0.2, 0) is 17.8 Å². The minimum atomic E-state index is 0.445. The van der Waals surface area contributed by atoms with Crippen LogP contribution in [0.2, 0.25) is 0 Å². The molecule has 0 unspecified atom stereocenters. The molecule has 0 saturated heterocycles. The van der Waals surface area contributed by atoms with Gasteiger partial charge in [-0.15, -0.1) is 0 Å². The molecule has 1 saturated carbocycles. The second-order valence-electron chi connectivity index (χ2n) is 5.81. The van der Waals surface area contributed by atoms with Gasteiger partial charge in [-0.05, 0) is 38.9 Å². The van der Waals surface area contributed by atoms with Crippen molar-refractivity contribution in [2.75, 3.05) is 6.61 Å². The molecule has 0 radical (unpaired) electrons. The van der Waals surface area contributed by atoms with Gasteiger partial charge in [0.1, 0.15) is 5.52 Å². The quantitative estimate of drug-likeness (QED) is 0.859. The lowest BCUT2D eigenvalue weighted by molar-refractivity contribution is 0.0242. The number of aromatic nitrogens is 4. The Bertz CT molecular complexity index is 663. The first-order valence-corrected chi connectivity index (χ1v) is 8.39. The Hall–Kier alpha value is -1.14. The maximum absolute atomic E-state index is 6.03. The average Bonchev–Trinajstić information content (AvgIpc) is 2.98. The van der Waals surface area contributed by atoms with E-state index >= 15 is 0 Å². The summed E-state index contributed by atoms with van der Waals surface area (Å²) in [7, 11) is 0. The summed E-state index contributed by atoms with van der Waals surface area (Å²) in [6.07, 6.45) is 6.83. The topological polar surface area (TPSA) is 47.8 Å². The van der Waals surface area contributed by atoms with E-state index in [9.17, 15) is 0 Å². The number of hydrogen-bond donors (Lipinski definition) is 1. The number of imidazole rings is 1. The molecule has 0 aromatic carbocycles. The summed E-state index contributed by atoms with van der Waals surface area (Å²) < 4.78 is 10.9. The van der Waals surface area contributed by atoms with Gasteiger partial charge in [0, 0.05) is 6.54 Å². The zero-order chi connectivity index (χ0) is 14.8. The van der Waals surface area contributed by atoms with Gasteiger partial charge in [0.2, 0.25) is 0 Å². The Morgan fingerprint density at radius 2 is 2.10 bits per heavy atom. The number of fused-ring (bicyclic) bond motifs is 1. The normalized spacial score (nSPS) is 16.9. The van der Waals surface area contributed by atoms with Crippen LogP contribution in [0.3, 0.4) is 0 Å². The van der Waals surface area contributed by atoms with Gasteiger partial charge in [0.05, 0.1) is 24.9 Å². The highest BCUT2D eigenvalue weighted by molar-refractivity contribution is 7.71. The summed E-state index contributed by atoms with van der Waals surface area (Å²) in [5, 5.41) is 4.55. The first kappa shape index (κ1) is 14.8. The number of hydrogen-bond acceptors (Lipinski definition) is 3. The van der Waals surface area contributed by atoms with Crippen LogP contribution < -0.4 is 0 Å². The van der Waals surface area contributed by atoms with Gasteiger partial charge in [-0.25, -0.2) is 4.68 Å². The van der Waals surface area contributed by atoms with Crippen molar-refractivity contribution in [2.45, 2.75) is 65.1 Å². The number of aromatic amines is 1. The Kier molecular flexibility index (Phi) is 4.45. The summed E-state index contributed by atoms with van der Waals surface area (Å²) >= 11 is 5.45. The molecule has 1 N–H and O–H groups in total. The van der Waals surface area contributed by atoms with E-state index in [0.29, 0.717) is 6.10 Å². The summed E-state index contributed by atoms with van der Waals surface area (Å²) in [6.45, 7) is 6.48. The van der Waals surface area contributed by atoms with Gasteiger partial charge in [-0.2, -0.15) is 5.10 Å². The van der Waals surface area contributed by atoms with E-state index in [1.807, 2.05) is 11.6 Å². The van der Waals surface area contributed by atoms with Crippen LogP contribution >= 0.6 is 12.2 Å². The number of ether oxygens (including phenoxy) is 1. The highest BCUT2D eigenvalue weighted by atomic mass is 32.1. The van der Waals surface area contributed by atoms with Crippen molar-refractivity contribution in [1.82, 2.24) is 19.3 Å². The Labute approximate surface area is 130 Å². The van der Waals surface area contributed by atoms with Crippen LogP contribution in [0.15, 0.2) is 0 Å². The molecule has 116 valence electrons. The van der Waals surface area contributed by atoms with E-state index in [1.54, 1.807) is 0 Å². The van der Waals surface area contributed by atoms with Gasteiger partial charge in [0.15, 0.2) is 10.4 Å². The van der Waals surface area contributed by atoms with Crippen LogP contribution in [0.25, 0.3) is 11.2 Å². The third-order valence-electron chi connectivity index (χ3n) is 4.35. The van der Waals surface area contributed by atoms with E-state index in [0.717, 1.165) is 41.3 Å². The second-order valence-corrected chi connectivity index (χ2v) is 6.20. The van der Waals surface area contributed by atoms with Gasteiger partial charge < -0.3 is 9.72 Å². The molecule has 0 spiro atoms. The lowest BCUT2D eigenvalue weighted by Crippen LogP contribution is -2.19. The van der Waals surface area contributed by atoms with Gasteiger partial charge in [-0.1, -0.05) is 19.3 Å². The molecule has 1 aliphatic rings. The first-order chi connectivity index (χ1) is 10.2. The standard InChI is InChI=1S/C15H24N4OS/c1-3-19-14-13(11(2)17-19)16-15(21)18(14)9-10-20-12-7-5-4-6-8-12/h12H,3-10H2,1-2H3,(H,16,21).